The van der Waals surface area contributed by atoms with E-state index in [1.54, 1.807) is 28.2 Å². The second-order valence-corrected chi connectivity index (χ2v) is 9.47. The molecule has 2 aliphatic rings. The number of carbonyl (C=O) groups is 2. The number of carboxylic acids is 1. The summed E-state index contributed by atoms with van der Waals surface area (Å²) >= 11 is 1.34. The van der Waals surface area contributed by atoms with Gasteiger partial charge in [-0.15, -0.1) is 11.3 Å². The average Bonchev–Trinajstić information content (AvgIpc) is 3.49. The lowest BCUT2D eigenvalue weighted by Gasteiger charge is -2.47. The zero-order valence-corrected chi connectivity index (χ0v) is 20.0. The van der Waals surface area contributed by atoms with E-state index >= 15 is 0 Å². The van der Waals surface area contributed by atoms with Crippen molar-refractivity contribution in [3.63, 3.8) is 0 Å². The summed E-state index contributed by atoms with van der Waals surface area (Å²) in [5.74, 6) is -2.94. The van der Waals surface area contributed by atoms with E-state index in [2.05, 4.69) is 10.1 Å². The highest BCUT2D eigenvalue weighted by atomic mass is 32.1. The maximum absolute atomic E-state index is 13.0. The third-order valence-corrected chi connectivity index (χ3v) is 7.61. The van der Waals surface area contributed by atoms with Crippen LogP contribution in [0.3, 0.4) is 0 Å². The summed E-state index contributed by atoms with van der Waals surface area (Å²) in [7, 11) is 1.41. The Bertz CT molecular complexity index is 1440. The van der Waals surface area contributed by atoms with Crippen molar-refractivity contribution in [1.82, 2.24) is 14.3 Å². The Morgan fingerprint density at radius 3 is 2.72 bits per heavy atom. The van der Waals surface area contributed by atoms with E-state index in [9.17, 15) is 29.9 Å². The molecule has 0 bridgehead atoms. The quantitative estimate of drug-likeness (QED) is 0.201. The van der Waals surface area contributed by atoms with E-state index in [1.165, 1.54) is 48.6 Å². The SMILES string of the molecule is CON=Cc1ncn2c(C3=C(C(=O)O)N4C(=O)[C@H]([C@@H](C)O)[C@H]4C3Cc3ccc([N+](=O)[O-])cc3)csc12. The first-order valence-electron chi connectivity index (χ1n) is 11.0. The van der Waals surface area contributed by atoms with E-state index in [4.69, 9.17) is 4.84 Å². The van der Waals surface area contributed by atoms with Gasteiger partial charge in [0.25, 0.3) is 5.69 Å². The summed E-state index contributed by atoms with van der Waals surface area (Å²) in [4.78, 5) is 47.1. The molecule has 36 heavy (non-hydrogen) atoms. The zero-order valence-electron chi connectivity index (χ0n) is 19.1. The van der Waals surface area contributed by atoms with E-state index in [-0.39, 0.29) is 11.4 Å². The fourth-order valence-electron chi connectivity index (χ4n) is 5.14. The number of rotatable bonds is 8. The number of hydrogen-bond donors (Lipinski definition) is 2. The average molecular weight is 512 g/mol. The number of carbonyl (C=O) groups excluding carboxylic acids is 1. The Morgan fingerprint density at radius 2 is 2.11 bits per heavy atom. The molecule has 2 aliphatic heterocycles. The Kier molecular flexibility index (Phi) is 5.80. The molecule has 2 aromatic heterocycles. The van der Waals surface area contributed by atoms with Crippen LogP contribution in [-0.4, -0.2) is 66.8 Å². The molecule has 1 aromatic carbocycles. The highest BCUT2D eigenvalue weighted by molar-refractivity contribution is 7.16. The summed E-state index contributed by atoms with van der Waals surface area (Å²) in [5.41, 5.74) is 2.10. The van der Waals surface area contributed by atoms with Crippen molar-refractivity contribution in [2.24, 2.45) is 17.0 Å². The Hall–Kier alpha value is -4.10. The fraction of sp³-hybridized carbons (Fsp3) is 0.304. The second kappa shape index (κ2) is 8.84. The predicted molar refractivity (Wildman–Crippen MR) is 128 cm³/mol. The molecular formula is C23H21N5O7S. The van der Waals surface area contributed by atoms with Crippen LogP contribution in [0, 0.1) is 22.0 Å². The van der Waals surface area contributed by atoms with Gasteiger partial charge in [0.05, 0.1) is 34.9 Å². The van der Waals surface area contributed by atoms with Crippen LogP contribution in [0.2, 0.25) is 0 Å². The van der Waals surface area contributed by atoms with Crippen molar-refractivity contribution in [3.8, 4) is 0 Å². The van der Waals surface area contributed by atoms with Crippen LogP contribution in [0.4, 0.5) is 5.69 Å². The Labute approximate surface area is 207 Å². The molecular weight excluding hydrogens is 490 g/mol. The van der Waals surface area contributed by atoms with Gasteiger partial charge >= 0.3 is 5.97 Å². The number of carboxylic acid groups (broad SMARTS) is 1. The van der Waals surface area contributed by atoms with Crippen LogP contribution in [0.15, 0.2) is 46.8 Å². The van der Waals surface area contributed by atoms with Gasteiger partial charge in [-0.2, -0.15) is 0 Å². The third-order valence-electron chi connectivity index (χ3n) is 6.64. The number of oxime groups is 1. The van der Waals surface area contributed by atoms with Crippen molar-refractivity contribution in [2.75, 3.05) is 7.11 Å². The van der Waals surface area contributed by atoms with Gasteiger partial charge in [0.1, 0.15) is 29.7 Å². The zero-order chi connectivity index (χ0) is 25.7. The molecule has 186 valence electrons. The van der Waals surface area contributed by atoms with Gasteiger partial charge < -0.3 is 20.0 Å². The van der Waals surface area contributed by atoms with Gasteiger partial charge in [0, 0.05) is 29.0 Å². The lowest BCUT2D eigenvalue weighted by atomic mass is 9.74. The Balaban J connectivity index is 1.65. The first kappa shape index (κ1) is 23.6. The van der Waals surface area contributed by atoms with E-state index in [1.807, 2.05) is 0 Å². The van der Waals surface area contributed by atoms with Gasteiger partial charge in [0.15, 0.2) is 0 Å². The molecule has 4 heterocycles. The summed E-state index contributed by atoms with van der Waals surface area (Å²) in [6.45, 7) is 1.52. The maximum atomic E-state index is 13.0. The topological polar surface area (TPSA) is 160 Å². The molecule has 1 saturated heterocycles. The number of aliphatic carboxylic acids is 1. The Morgan fingerprint density at radius 1 is 1.39 bits per heavy atom. The highest BCUT2D eigenvalue weighted by Gasteiger charge is 2.61. The minimum Gasteiger partial charge on any atom is -0.477 e. The number of nitro groups is 1. The molecule has 2 N–H and O–H groups in total. The molecule has 0 radical (unpaired) electrons. The number of aliphatic hydroxyl groups is 1. The van der Waals surface area contributed by atoms with Gasteiger partial charge in [0.2, 0.25) is 5.91 Å². The third kappa shape index (κ3) is 3.55. The van der Waals surface area contributed by atoms with Crippen LogP contribution in [-0.2, 0) is 20.8 Å². The van der Waals surface area contributed by atoms with Crippen LogP contribution >= 0.6 is 11.3 Å². The number of imidazole rings is 1. The fourth-order valence-corrected chi connectivity index (χ4v) is 6.09. The lowest BCUT2D eigenvalue weighted by molar-refractivity contribution is -0.384. The van der Waals surface area contributed by atoms with Gasteiger partial charge in [-0.1, -0.05) is 17.3 Å². The molecule has 1 amide bonds. The van der Waals surface area contributed by atoms with Crippen molar-refractivity contribution < 1.29 is 29.6 Å². The predicted octanol–water partition coefficient (Wildman–Crippen LogP) is 2.16. The van der Waals surface area contributed by atoms with Crippen molar-refractivity contribution in [2.45, 2.75) is 25.5 Å². The lowest BCUT2D eigenvalue weighted by Crippen LogP contribution is -2.64. The largest absolute Gasteiger partial charge is 0.477 e. The summed E-state index contributed by atoms with van der Waals surface area (Å²) < 4.78 is 1.75. The molecule has 3 aromatic rings. The summed E-state index contributed by atoms with van der Waals surface area (Å²) in [6.07, 6.45) is 2.34. The smallest absolute Gasteiger partial charge is 0.352 e. The first-order chi connectivity index (χ1) is 17.2. The van der Waals surface area contributed by atoms with Crippen molar-refractivity contribution in [3.05, 3.63) is 68.7 Å². The second-order valence-electron chi connectivity index (χ2n) is 8.61. The minimum atomic E-state index is -1.25. The number of non-ortho nitro benzene ring substituents is 1. The number of β-lactam (4-membered cyclic amide) rings is 1. The van der Waals surface area contributed by atoms with Crippen molar-refractivity contribution >= 4 is 45.5 Å². The number of hydrogen-bond acceptors (Lipinski definition) is 9. The van der Waals surface area contributed by atoms with E-state index in [0.717, 1.165) is 5.56 Å². The molecule has 1 unspecified atom stereocenters. The number of benzene rings is 1. The minimum absolute atomic E-state index is 0.0577. The van der Waals surface area contributed by atoms with Crippen LogP contribution < -0.4 is 0 Å². The van der Waals surface area contributed by atoms with E-state index < -0.39 is 40.8 Å². The number of nitro benzene ring substituents is 1. The molecule has 0 spiro atoms. The summed E-state index contributed by atoms with van der Waals surface area (Å²) in [6, 6.07) is 5.46. The molecule has 4 atom stereocenters. The highest BCUT2D eigenvalue weighted by Crippen LogP contribution is 2.52. The number of aliphatic hydroxyl groups excluding tert-OH is 1. The molecule has 13 heteroatoms. The number of thiazole rings is 1. The number of aromatic nitrogens is 2. The molecule has 12 nitrogen and oxygen atoms in total. The number of fused-ring (bicyclic) bond motifs is 2. The van der Waals surface area contributed by atoms with Crippen LogP contribution in [0.1, 0.15) is 23.9 Å². The molecule has 1 fully saturated rings. The van der Waals surface area contributed by atoms with Crippen LogP contribution in [0.5, 0.6) is 0 Å². The van der Waals surface area contributed by atoms with Gasteiger partial charge in [-0.25, -0.2) is 9.78 Å². The van der Waals surface area contributed by atoms with Crippen LogP contribution in [0.25, 0.3) is 10.4 Å². The first-order valence-corrected chi connectivity index (χ1v) is 11.9. The normalized spacial score (nSPS) is 22.2. The molecule has 0 aliphatic carbocycles. The summed E-state index contributed by atoms with van der Waals surface area (Å²) in [5, 5.41) is 37.1. The monoisotopic (exact) mass is 511 g/mol. The number of nitrogens with zero attached hydrogens (tertiary/aromatic N) is 5. The standard InChI is InChI=1S/C23H21N5O7S/c1-11(29)17-19-14(7-12-3-5-13(6-4-12)28(33)34)18(20(23(31)32)27(19)21(17)30)16-9-36-22-15(8-25-35-2)24-10-26(16)22/h3-6,8-11,14,17,19,29H,7H2,1-2H3,(H,31,32)/t11-,14?,17-,19-/m1/s1. The maximum Gasteiger partial charge on any atom is 0.352 e. The molecule has 0 saturated carbocycles. The number of amides is 1. The van der Waals surface area contributed by atoms with E-state index in [0.29, 0.717) is 28.2 Å². The van der Waals surface area contributed by atoms with Gasteiger partial charge in [-0.05, 0) is 18.9 Å². The molecule has 5 rings (SSSR count). The van der Waals surface area contributed by atoms with Crippen molar-refractivity contribution in [1.29, 1.82) is 0 Å². The van der Waals surface area contributed by atoms with Gasteiger partial charge in [-0.3, -0.25) is 19.3 Å².